The molecular weight excluding hydrogens is 353 g/mol. The van der Waals surface area contributed by atoms with E-state index in [1.165, 1.54) is 21.7 Å². The van der Waals surface area contributed by atoms with Gasteiger partial charge in [0, 0.05) is 29.7 Å². The number of carbonyl (C=O) groups excluding carboxylic acids is 1. The van der Waals surface area contributed by atoms with Crippen LogP contribution in [0.25, 0.3) is 5.69 Å². The van der Waals surface area contributed by atoms with E-state index in [1.807, 2.05) is 11.4 Å². The predicted molar refractivity (Wildman–Crippen MR) is 97.3 cm³/mol. The minimum Gasteiger partial charge on any atom is -0.332 e. The molecule has 5 nitrogen and oxygen atoms in total. The second-order valence-electron chi connectivity index (χ2n) is 6.21. The normalized spacial score (nSPS) is 13.5. The summed E-state index contributed by atoms with van der Waals surface area (Å²) < 4.78 is 15.4. The highest BCUT2D eigenvalue weighted by molar-refractivity contribution is 7.10. The van der Waals surface area contributed by atoms with Crippen molar-refractivity contribution in [1.29, 1.82) is 0 Å². The van der Waals surface area contributed by atoms with Gasteiger partial charge >= 0.3 is 0 Å². The number of amides is 1. The summed E-state index contributed by atoms with van der Waals surface area (Å²) in [6.07, 6.45) is 0.770. The second-order valence-corrected chi connectivity index (χ2v) is 7.21. The van der Waals surface area contributed by atoms with E-state index in [9.17, 15) is 14.0 Å². The standard InChI is InChI=1S/C19H16FN3O2S/c1-12-10-16(24)18(21-23(12)15-5-3-2-4-14(15)20)19(25)22-8-6-17-13(11-22)7-9-26-17/h2-5,7,9-10H,6,8,11H2,1H3. The molecule has 132 valence electrons. The molecule has 1 amide bonds. The van der Waals surface area contributed by atoms with Gasteiger partial charge in [0.1, 0.15) is 11.5 Å². The number of halogens is 1. The van der Waals surface area contributed by atoms with Crippen LogP contribution < -0.4 is 5.43 Å². The van der Waals surface area contributed by atoms with Gasteiger partial charge in [-0.2, -0.15) is 5.10 Å². The van der Waals surface area contributed by atoms with Crippen LogP contribution in [-0.4, -0.2) is 27.1 Å². The quantitative estimate of drug-likeness (QED) is 0.698. The van der Waals surface area contributed by atoms with Crippen molar-refractivity contribution in [3.63, 3.8) is 0 Å². The number of thiophene rings is 1. The molecule has 0 saturated carbocycles. The third-order valence-electron chi connectivity index (χ3n) is 4.49. The van der Waals surface area contributed by atoms with E-state index in [1.54, 1.807) is 41.4 Å². The van der Waals surface area contributed by atoms with Crippen molar-refractivity contribution in [2.24, 2.45) is 0 Å². The van der Waals surface area contributed by atoms with Crippen LogP contribution in [-0.2, 0) is 13.0 Å². The van der Waals surface area contributed by atoms with Crippen LogP contribution in [0.15, 0.2) is 46.6 Å². The minimum absolute atomic E-state index is 0.183. The highest BCUT2D eigenvalue weighted by Gasteiger charge is 2.26. The van der Waals surface area contributed by atoms with Gasteiger partial charge in [0.2, 0.25) is 5.43 Å². The van der Waals surface area contributed by atoms with Gasteiger partial charge in [0.25, 0.3) is 5.91 Å². The fraction of sp³-hybridized carbons (Fsp3) is 0.211. The molecule has 3 heterocycles. The molecule has 1 aliphatic heterocycles. The lowest BCUT2D eigenvalue weighted by molar-refractivity contribution is 0.0726. The number of benzene rings is 1. The van der Waals surface area contributed by atoms with Crippen LogP contribution in [0.1, 0.15) is 26.6 Å². The Morgan fingerprint density at radius 2 is 2.08 bits per heavy atom. The molecule has 3 aromatic rings. The highest BCUT2D eigenvalue weighted by atomic mass is 32.1. The van der Waals surface area contributed by atoms with Gasteiger partial charge in [-0.15, -0.1) is 11.3 Å². The molecule has 0 saturated heterocycles. The number of hydrogen-bond acceptors (Lipinski definition) is 4. The Balaban J connectivity index is 1.73. The first-order chi connectivity index (χ1) is 12.5. The smallest absolute Gasteiger partial charge is 0.278 e. The zero-order valence-corrected chi connectivity index (χ0v) is 14.9. The van der Waals surface area contributed by atoms with Crippen LogP contribution in [0.2, 0.25) is 0 Å². The summed E-state index contributed by atoms with van der Waals surface area (Å²) in [6, 6.07) is 9.47. The lowest BCUT2D eigenvalue weighted by Crippen LogP contribution is -2.39. The van der Waals surface area contributed by atoms with Crippen molar-refractivity contribution in [1.82, 2.24) is 14.7 Å². The summed E-state index contributed by atoms with van der Waals surface area (Å²) in [7, 11) is 0. The number of hydrogen-bond donors (Lipinski definition) is 0. The van der Waals surface area contributed by atoms with E-state index in [2.05, 4.69) is 5.10 Å². The molecule has 0 unspecified atom stereocenters. The molecule has 0 spiro atoms. The highest BCUT2D eigenvalue weighted by Crippen LogP contribution is 2.24. The van der Waals surface area contributed by atoms with Gasteiger partial charge in [0.05, 0.1) is 0 Å². The van der Waals surface area contributed by atoms with Crippen LogP contribution in [0.3, 0.4) is 0 Å². The van der Waals surface area contributed by atoms with Crippen molar-refractivity contribution in [2.45, 2.75) is 19.9 Å². The van der Waals surface area contributed by atoms with Gasteiger partial charge in [0.15, 0.2) is 5.69 Å². The number of para-hydroxylation sites is 1. The van der Waals surface area contributed by atoms with E-state index >= 15 is 0 Å². The summed E-state index contributed by atoms with van der Waals surface area (Å²) >= 11 is 1.68. The number of rotatable bonds is 2. The summed E-state index contributed by atoms with van der Waals surface area (Å²) in [4.78, 5) is 28.2. The van der Waals surface area contributed by atoms with Crippen molar-refractivity contribution >= 4 is 17.2 Å². The summed E-state index contributed by atoms with van der Waals surface area (Å²) in [6.45, 7) is 2.67. The lowest BCUT2D eigenvalue weighted by Gasteiger charge is -2.26. The molecule has 7 heteroatoms. The Bertz CT molecular complexity index is 1060. The second kappa shape index (κ2) is 6.49. The number of aryl methyl sites for hydroxylation is 1. The topological polar surface area (TPSA) is 55.2 Å². The van der Waals surface area contributed by atoms with Gasteiger partial charge in [-0.1, -0.05) is 12.1 Å². The Hall–Kier alpha value is -2.80. The number of fused-ring (bicyclic) bond motifs is 1. The zero-order valence-electron chi connectivity index (χ0n) is 14.1. The molecule has 0 fully saturated rings. The third-order valence-corrected chi connectivity index (χ3v) is 5.51. The molecule has 2 aromatic heterocycles. The predicted octanol–water partition coefficient (Wildman–Crippen LogP) is 2.94. The van der Waals surface area contributed by atoms with Crippen LogP contribution in [0, 0.1) is 12.7 Å². The monoisotopic (exact) mass is 369 g/mol. The van der Waals surface area contributed by atoms with Crippen molar-refractivity contribution < 1.29 is 9.18 Å². The van der Waals surface area contributed by atoms with Gasteiger partial charge in [-0.25, -0.2) is 9.07 Å². The lowest BCUT2D eigenvalue weighted by atomic mass is 10.1. The van der Waals surface area contributed by atoms with E-state index < -0.39 is 17.2 Å². The number of aromatic nitrogens is 2. The van der Waals surface area contributed by atoms with Crippen molar-refractivity contribution in [3.05, 3.63) is 79.6 Å². The SMILES string of the molecule is Cc1cc(=O)c(C(=O)N2CCc3sccc3C2)nn1-c1ccccc1F. The Labute approximate surface area is 153 Å². The van der Waals surface area contributed by atoms with Crippen molar-refractivity contribution in [3.8, 4) is 5.69 Å². The van der Waals surface area contributed by atoms with E-state index in [0.717, 1.165) is 12.0 Å². The average molecular weight is 369 g/mol. The summed E-state index contributed by atoms with van der Waals surface area (Å²) in [5.74, 6) is -0.886. The molecule has 0 atom stereocenters. The molecule has 0 bridgehead atoms. The Kier molecular flexibility index (Phi) is 4.16. The van der Waals surface area contributed by atoms with Crippen LogP contribution in [0.4, 0.5) is 4.39 Å². The van der Waals surface area contributed by atoms with Crippen molar-refractivity contribution in [2.75, 3.05) is 6.54 Å². The first-order valence-corrected chi connectivity index (χ1v) is 9.13. The molecule has 1 aromatic carbocycles. The van der Waals surface area contributed by atoms with Gasteiger partial charge in [-0.3, -0.25) is 9.59 Å². The van der Waals surface area contributed by atoms with Gasteiger partial charge < -0.3 is 4.90 Å². The molecule has 4 rings (SSSR count). The van der Waals surface area contributed by atoms with Crippen LogP contribution >= 0.6 is 11.3 Å². The molecule has 0 aliphatic carbocycles. The fourth-order valence-electron chi connectivity index (χ4n) is 3.13. The number of carbonyl (C=O) groups is 1. The Morgan fingerprint density at radius 3 is 2.88 bits per heavy atom. The maximum atomic E-state index is 14.1. The summed E-state index contributed by atoms with van der Waals surface area (Å²) in [5.41, 5.74) is 1.15. The molecular formula is C19H16FN3O2S. The molecule has 0 N–H and O–H groups in total. The largest absolute Gasteiger partial charge is 0.332 e. The van der Waals surface area contributed by atoms with E-state index in [0.29, 0.717) is 18.8 Å². The molecule has 0 radical (unpaired) electrons. The van der Waals surface area contributed by atoms with E-state index in [-0.39, 0.29) is 11.4 Å². The first-order valence-electron chi connectivity index (χ1n) is 8.25. The summed E-state index contributed by atoms with van der Waals surface area (Å²) in [5, 5.41) is 6.21. The average Bonchev–Trinajstić information content (AvgIpc) is 3.10. The van der Waals surface area contributed by atoms with Crippen LogP contribution in [0.5, 0.6) is 0 Å². The van der Waals surface area contributed by atoms with E-state index in [4.69, 9.17) is 0 Å². The number of nitrogens with zero attached hydrogens (tertiary/aromatic N) is 3. The zero-order chi connectivity index (χ0) is 18.3. The van der Waals surface area contributed by atoms with Gasteiger partial charge in [-0.05, 0) is 42.5 Å². The molecule has 1 aliphatic rings. The molecule has 26 heavy (non-hydrogen) atoms. The first kappa shape index (κ1) is 16.7. The third kappa shape index (κ3) is 2.84. The Morgan fingerprint density at radius 1 is 1.27 bits per heavy atom. The maximum Gasteiger partial charge on any atom is 0.278 e. The maximum absolute atomic E-state index is 14.1. The fourth-order valence-corrected chi connectivity index (χ4v) is 4.02. The minimum atomic E-state index is -0.467.